The number of carbonyl (C=O) groups excluding carboxylic acids is 2. The first-order valence-electron chi connectivity index (χ1n) is 25.6. The number of rotatable bonds is 22. The van der Waals surface area contributed by atoms with E-state index >= 15 is 4.79 Å². The van der Waals surface area contributed by atoms with Gasteiger partial charge in [0.2, 0.25) is 24.8 Å². The lowest BCUT2D eigenvalue weighted by molar-refractivity contribution is -0.384. The van der Waals surface area contributed by atoms with Gasteiger partial charge in [-0.1, -0.05) is 66.5 Å². The number of carbonyl (C=O) groups is 2. The molecule has 0 spiro atoms. The van der Waals surface area contributed by atoms with Crippen LogP contribution in [-0.2, 0) is 32.2 Å². The minimum absolute atomic E-state index is 0.0169. The number of nitro groups is 1. The number of allylic oxidation sites excluding steroid dienone is 1. The molecule has 0 radical (unpaired) electrons. The van der Waals surface area contributed by atoms with Crippen molar-refractivity contribution in [1.82, 2.24) is 10.2 Å². The number of hydrogen-bond acceptors (Lipinski definition) is 14. The number of fused-ring (bicyclic) bond motifs is 3. The van der Waals surface area contributed by atoms with Gasteiger partial charge >= 0.3 is 6.09 Å². The molecule has 7 atom stereocenters. The summed E-state index contributed by atoms with van der Waals surface area (Å²) < 4.78 is 38.2. The molecule has 2 aliphatic carbocycles. The fraction of sp³-hybridized carbons (Fsp3) is 0.421. The Morgan fingerprint density at radius 3 is 2.46 bits per heavy atom. The van der Waals surface area contributed by atoms with E-state index in [4.69, 9.17) is 38.4 Å². The van der Waals surface area contributed by atoms with Gasteiger partial charge in [-0.2, -0.15) is 0 Å². The molecule has 4 aromatic rings. The third-order valence-corrected chi connectivity index (χ3v) is 14.5. The molecule has 3 aliphatic heterocycles. The summed E-state index contributed by atoms with van der Waals surface area (Å²) in [5.41, 5.74) is 4.32. The Labute approximate surface area is 430 Å². The zero-order chi connectivity index (χ0) is 51.4. The van der Waals surface area contributed by atoms with E-state index < -0.39 is 46.9 Å². The molecular weight excluding hydrogens is 949 g/mol. The zero-order valence-electron chi connectivity index (χ0n) is 41.4. The molecule has 2 fully saturated rings. The van der Waals surface area contributed by atoms with E-state index in [1.165, 1.54) is 18.2 Å². The van der Waals surface area contributed by atoms with Gasteiger partial charge in [0.15, 0.2) is 11.5 Å². The predicted molar refractivity (Wildman–Crippen MR) is 274 cm³/mol. The Kier molecular flexibility index (Phi) is 17.0. The normalized spacial score (nSPS) is 24.0. The number of aliphatic hydroxyl groups excluding tert-OH is 2. The molecule has 5 aliphatic rings. The summed E-state index contributed by atoms with van der Waals surface area (Å²) in [6.07, 6.45) is 12.4. The molecule has 74 heavy (non-hydrogen) atoms. The number of aliphatic hydroxyl groups is 2. The summed E-state index contributed by atoms with van der Waals surface area (Å²) in [6, 6.07) is 25.4. The maximum Gasteiger partial charge on any atom is 0.412 e. The number of non-ortho nitro benzene ring substituents is 1. The molecule has 17 nitrogen and oxygen atoms in total. The van der Waals surface area contributed by atoms with Crippen molar-refractivity contribution in [3.63, 3.8) is 0 Å². The number of amides is 2. The Bertz CT molecular complexity index is 2710. The maximum atomic E-state index is 15.4. The van der Waals surface area contributed by atoms with Crippen LogP contribution in [0.3, 0.4) is 0 Å². The van der Waals surface area contributed by atoms with E-state index in [0.29, 0.717) is 73.0 Å². The van der Waals surface area contributed by atoms with Gasteiger partial charge in [-0.3, -0.25) is 14.9 Å². The van der Waals surface area contributed by atoms with Crippen molar-refractivity contribution >= 4 is 29.5 Å². The number of benzene rings is 4. The minimum Gasteiger partial charge on any atom is -0.459 e. The lowest BCUT2D eigenvalue weighted by Crippen LogP contribution is -2.70. The zero-order valence-corrected chi connectivity index (χ0v) is 41.4. The van der Waals surface area contributed by atoms with Gasteiger partial charge in [-0.15, -0.1) is 6.58 Å². The first-order chi connectivity index (χ1) is 36.2. The van der Waals surface area contributed by atoms with Crippen molar-refractivity contribution in [3.05, 3.63) is 154 Å². The molecule has 9 rings (SSSR count). The third kappa shape index (κ3) is 11.8. The fourth-order valence-electron chi connectivity index (χ4n) is 11.1. The summed E-state index contributed by atoms with van der Waals surface area (Å²) in [6.45, 7) is 5.05. The Balaban J connectivity index is 1.21. The molecule has 4 aromatic carbocycles. The highest BCUT2D eigenvalue weighted by Gasteiger charge is 2.65. The van der Waals surface area contributed by atoms with E-state index in [9.17, 15) is 25.1 Å². The first kappa shape index (κ1) is 51.8. The van der Waals surface area contributed by atoms with Crippen LogP contribution >= 0.6 is 0 Å². The molecular formula is C57H64N4O13. The second-order valence-electron chi connectivity index (χ2n) is 19.2. The van der Waals surface area contributed by atoms with E-state index in [0.717, 1.165) is 47.9 Å². The van der Waals surface area contributed by atoms with E-state index in [1.807, 2.05) is 54.6 Å². The number of hydrogen-bond donors (Lipinski definition) is 3. The number of unbranched alkanes of at least 4 members (excludes halogenated alkanes) is 2. The molecule has 0 bridgehead atoms. The molecule has 0 aromatic heterocycles. The van der Waals surface area contributed by atoms with Gasteiger partial charge in [0.05, 0.1) is 29.8 Å². The van der Waals surface area contributed by atoms with Crippen LogP contribution in [0.15, 0.2) is 127 Å². The second-order valence-corrected chi connectivity index (χ2v) is 19.2. The fourth-order valence-corrected chi connectivity index (χ4v) is 11.1. The average Bonchev–Trinajstić information content (AvgIpc) is 3.90. The van der Waals surface area contributed by atoms with Crippen LogP contribution in [-0.4, -0.2) is 89.1 Å². The summed E-state index contributed by atoms with van der Waals surface area (Å²) in [5, 5.41) is 39.5. The number of nitrogens with one attached hydrogen (secondary N) is 1. The van der Waals surface area contributed by atoms with Crippen LogP contribution in [0.25, 0.3) is 6.08 Å². The van der Waals surface area contributed by atoms with Crippen LogP contribution in [0, 0.1) is 27.9 Å². The van der Waals surface area contributed by atoms with Crippen LogP contribution in [0.4, 0.5) is 10.5 Å². The summed E-state index contributed by atoms with van der Waals surface area (Å²) in [5.74, 6) is -1.37. The summed E-state index contributed by atoms with van der Waals surface area (Å²) >= 11 is 0. The Morgan fingerprint density at radius 2 is 1.70 bits per heavy atom. The lowest BCUT2D eigenvalue weighted by atomic mass is 9.55. The summed E-state index contributed by atoms with van der Waals surface area (Å²) in [7, 11) is 0. The minimum atomic E-state index is -1.62. The van der Waals surface area contributed by atoms with Crippen molar-refractivity contribution in [2.45, 2.75) is 101 Å². The van der Waals surface area contributed by atoms with E-state index in [-0.39, 0.29) is 63.6 Å². The van der Waals surface area contributed by atoms with Crippen molar-refractivity contribution in [3.8, 4) is 23.0 Å². The molecule has 3 heterocycles. The first-order valence-corrected chi connectivity index (χ1v) is 25.6. The molecule has 17 heteroatoms. The van der Waals surface area contributed by atoms with Gasteiger partial charge in [0, 0.05) is 68.8 Å². The maximum absolute atomic E-state index is 15.4. The van der Waals surface area contributed by atoms with Gasteiger partial charge in [-0.05, 0) is 121 Å². The highest BCUT2D eigenvalue weighted by atomic mass is 16.8. The van der Waals surface area contributed by atoms with E-state index in [2.05, 4.69) is 18.0 Å². The third-order valence-electron chi connectivity index (χ3n) is 14.5. The molecule has 3 N–H and O–H groups in total. The van der Waals surface area contributed by atoms with Crippen LogP contribution in [0.1, 0.15) is 92.4 Å². The SMILES string of the molecule is C=CCO[C@@]12Oc3ccc(OC(=O)NCc4ccccc4)cc3[C@H]3[C@H](CCCCO)[C@@H](CCCCO)C=C(C(=NOC4CCCCO4)C[C@@H]1N(Cc1ccc4c(c1)OCO4)C(=O)C=Cc1ccc([N+](=O)[O-])cc1)[C@H]32. The molecule has 1 saturated carbocycles. The van der Waals surface area contributed by atoms with Crippen LogP contribution in [0.5, 0.6) is 23.0 Å². The largest absolute Gasteiger partial charge is 0.459 e. The van der Waals surface area contributed by atoms with E-state index in [1.54, 1.807) is 41.3 Å². The molecule has 2 amide bonds. The van der Waals surface area contributed by atoms with Crippen molar-refractivity contribution < 1.29 is 58.0 Å². The average molecular weight is 1010 g/mol. The quantitative estimate of drug-likeness (QED) is 0.0221. The monoisotopic (exact) mass is 1010 g/mol. The predicted octanol–water partition coefficient (Wildman–Crippen LogP) is 9.51. The standard InChI is InChI=1S/C57H64N4O13/c1-2-29-71-57-51(60(36-40-19-24-49-50(31-40)70-37-69-49)52(64)26-20-38-17-21-42(22-18-38)61(66)67)34-47(59-74-53-16-8-11-30-68-53)45-32-41(14-6-9-27-62)44(15-7-10-28-63)54(55(45)57)46-33-43(23-25-48(46)73-57)72-56(65)58-35-39-12-4-3-5-13-39/h2-5,12-13,17-26,31-33,41,44,51,53-55,62-63H,1,6-11,14-16,27-30,34-37H2,(H,58,65)/t41-,44+,51-,53?,54+,55+,57+/m0/s1. The number of ether oxygens (including phenoxy) is 6. The van der Waals surface area contributed by atoms with Crippen molar-refractivity contribution in [2.24, 2.45) is 22.9 Å². The number of nitrogens with zero attached hydrogens (tertiary/aromatic N) is 3. The Morgan fingerprint density at radius 1 is 0.919 bits per heavy atom. The highest BCUT2D eigenvalue weighted by Crippen LogP contribution is 2.62. The number of nitro benzene ring substituents is 1. The van der Waals surface area contributed by atoms with Crippen molar-refractivity contribution in [1.29, 1.82) is 0 Å². The van der Waals surface area contributed by atoms with Crippen LogP contribution < -0.4 is 24.3 Å². The highest BCUT2D eigenvalue weighted by molar-refractivity contribution is 6.03. The van der Waals surface area contributed by atoms with Gasteiger partial charge in [0.1, 0.15) is 17.5 Å². The number of oxime groups is 1. The van der Waals surface area contributed by atoms with Gasteiger partial charge in [0.25, 0.3) is 5.69 Å². The lowest BCUT2D eigenvalue weighted by Gasteiger charge is -2.60. The second kappa shape index (κ2) is 24.3. The molecule has 390 valence electrons. The topological polar surface area (TPSA) is 210 Å². The van der Waals surface area contributed by atoms with Crippen LogP contribution in [0.2, 0.25) is 0 Å². The van der Waals surface area contributed by atoms with Gasteiger partial charge < -0.3 is 53.7 Å². The molecule has 1 unspecified atom stereocenters. The van der Waals surface area contributed by atoms with Gasteiger partial charge in [-0.25, -0.2) is 4.79 Å². The smallest absolute Gasteiger partial charge is 0.412 e. The van der Waals surface area contributed by atoms with Crippen molar-refractivity contribution in [2.75, 3.05) is 33.2 Å². The molecule has 1 saturated heterocycles. The summed E-state index contributed by atoms with van der Waals surface area (Å²) in [4.78, 5) is 47.9. The Hall–Kier alpha value is -7.05.